The Kier molecular flexibility index (Phi) is 3.02. The fourth-order valence-electron chi connectivity index (χ4n) is 1.17. The number of hydrogen-bond acceptors (Lipinski definition) is 5. The summed E-state index contributed by atoms with van der Waals surface area (Å²) < 4.78 is 6.85. The van der Waals surface area contributed by atoms with Gasteiger partial charge in [0, 0.05) is 18.6 Å². The normalized spacial score (nSPS) is 10.4. The van der Waals surface area contributed by atoms with Gasteiger partial charge in [0.05, 0.1) is 0 Å². The van der Waals surface area contributed by atoms with Crippen LogP contribution in [0.3, 0.4) is 0 Å². The molecule has 2 rings (SSSR count). The van der Waals surface area contributed by atoms with Gasteiger partial charge in [-0.2, -0.15) is 4.68 Å². The molecule has 0 saturated carbocycles. The summed E-state index contributed by atoms with van der Waals surface area (Å²) in [5.41, 5.74) is 6.37. The van der Waals surface area contributed by atoms with Crippen molar-refractivity contribution < 1.29 is 4.74 Å². The van der Waals surface area contributed by atoms with Crippen LogP contribution in [0, 0.1) is 0 Å². The number of hydrogen-bond donors (Lipinski definition) is 1. The second-order valence-corrected chi connectivity index (χ2v) is 3.55. The number of ether oxygens (including phenoxy) is 1. The second-order valence-electron chi connectivity index (χ2n) is 3.14. The predicted molar refractivity (Wildman–Crippen MR) is 58.2 cm³/mol. The van der Waals surface area contributed by atoms with E-state index in [-0.39, 0.29) is 0 Å². The Morgan fingerprint density at radius 1 is 1.50 bits per heavy atom. The maximum absolute atomic E-state index is 5.99. The largest absolute Gasteiger partial charge is 0.423 e. The van der Waals surface area contributed by atoms with Crippen LogP contribution in [0.15, 0.2) is 18.2 Å². The number of halogens is 1. The average molecular weight is 240 g/mol. The molecule has 0 aliphatic carbocycles. The summed E-state index contributed by atoms with van der Waals surface area (Å²) >= 11 is 5.99. The number of aryl methyl sites for hydroxylation is 1. The lowest BCUT2D eigenvalue weighted by molar-refractivity contribution is 0.414. The van der Waals surface area contributed by atoms with Gasteiger partial charge in [0.2, 0.25) is 0 Å². The molecule has 0 spiro atoms. The van der Waals surface area contributed by atoms with Gasteiger partial charge in [-0.3, -0.25) is 0 Å². The molecule has 0 atom stereocenters. The van der Waals surface area contributed by atoms with Crippen molar-refractivity contribution in [2.24, 2.45) is 12.8 Å². The molecule has 16 heavy (non-hydrogen) atoms. The highest BCUT2D eigenvalue weighted by atomic mass is 35.5. The van der Waals surface area contributed by atoms with Gasteiger partial charge >= 0.3 is 6.01 Å². The zero-order valence-corrected chi connectivity index (χ0v) is 9.35. The van der Waals surface area contributed by atoms with E-state index in [4.69, 9.17) is 22.1 Å². The highest BCUT2D eigenvalue weighted by molar-refractivity contribution is 6.31. The Morgan fingerprint density at radius 2 is 2.31 bits per heavy atom. The summed E-state index contributed by atoms with van der Waals surface area (Å²) in [7, 11) is 1.69. The minimum absolute atomic E-state index is 0.302. The van der Waals surface area contributed by atoms with Crippen LogP contribution < -0.4 is 10.5 Å². The van der Waals surface area contributed by atoms with Crippen LogP contribution in [0.4, 0.5) is 0 Å². The van der Waals surface area contributed by atoms with E-state index in [1.807, 2.05) is 6.07 Å². The third kappa shape index (κ3) is 2.12. The smallest absolute Gasteiger partial charge is 0.340 e. The monoisotopic (exact) mass is 239 g/mol. The van der Waals surface area contributed by atoms with Crippen molar-refractivity contribution in [1.29, 1.82) is 0 Å². The number of nitrogens with zero attached hydrogens (tertiary/aromatic N) is 4. The fraction of sp³-hybridized carbons (Fsp3) is 0.222. The Hall–Kier alpha value is -1.66. The first-order chi connectivity index (χ1) is 7.70. The molecule has 1 aromatic heterocycles. The van der Waals surface area contributed by atoms with E-state index in [1.165, 1.54) is 4.68 Å². The van der Waals surface area contributed by atoms with Crippen LogP contribution in [0.2, 0.25) is 5.02 Å². The van der Waals surface area contributed by atoms with Crippen molar-refractivity contribution in [3.63, 3.8) is 0 Å². The van der Waals surface area contributed by atoms with E-state index in [9.17, 15) is 0 Å². The maximum atomic E-state index is 5.99. The summed E-state index contributed by atoms with van der Waals surface area (Å²) in [4.78, 5) is 0. The van der Waals surface area contributed by atoms with E-state index in [1.54, 1.807) is 19.2 Å². The first kappa shape index (κ1) is 10.8. The molecule has 0 bridgehead atoms. The van der Waals surface area contributed by atoms with E-state index in [0.717, 1.165) is 5.56 Å². The van der Waals surface area contributed by atoms with E-state index in [0.29, 0.717) is 23.3 Å². The van der Waals surface area contributed by atoms with E-state index in [2.05, 4.69) is 15.5 Å². The minimum Gasteiger partial charge on any atom is -0.423 e. The molecule has 6 nitrogen and oxygen atoms in total. The van der Waals surface area contributed by atoms with Gasteiger partial charge in [-0.25, -0.2) is 0 Å². The average Bonchev–Trinajstić information content (AvgIpc) is 2.65. The first-order valence-electron chi connectivity index (χ1n) is 4.59. The van der Waals surface area contributed by atoms with Crippen molar-refractivity contribution in [3.05, 3.63) is 28.8 Å². The van der Waals surface area contributed by atoms with Gasteiger partial charge < -0.3 is 10.5 Å². The van der Waals surface area contributed by atoms with Crippen molar-refractivity contribution in [2.75, 3.05) is 0 Å². The number of tetrazole rings is 1. The molecule has 2 N–H and O–H groups in total. The Balaban J connectivity index is 2.23. The van der Waals surface area contributed by atoms with E-state index < -0.39 is 0 Å². The molecular formula is C9H10ClN5O. The highest BCUT2D eigenvalue weighted by Gasteiger charge is 2.06. The van der Waals surface area contributed by atoms with Crippen LogP contribution in [0.25, 0.3) is 0 Å². The lowest BCUT2D eigenvalue weighted by atomic mass is 10.2. The third-order valence-electron chi connectivity index (χ3n) is 2.03. The van der Waals surface area contributed by atoms with Crippen molar-refractivity contribution >= 4 is 11.6 Å². The van der Waals surface area contributed by atoms with Gasteiger partial charge in [0.15, 0.2) is 0 Å². The van der Waals surface area contributed by atoms with Gasteiger partial charge in [0.25, 0.3) is 0 Å². The number of nitrogens with two attached hydrogens (primary N) is 1. The molecule has 2 aromatic rings. The third-order valence-corrected chi connectivity index (χ3v) is 2.39. The summed E-state index contributed by atoms with van der Waals surface area (Å²) in [5, 5.41) is 11.4. The highest BCUT2D eigenvalue weighted by Crippen LogP contribution is 2.24. The van der Waals surface area contributed by atoms with Crippen molar-refractivity contribution in [2.45, 2.75) is 6.54 Å². The number of rotatable bonds is 3. The quantitative estimate of drug-likeness (QED) is 0.868. The molecule has 7 heteroatoms. The molecule has 84 valence electrons. The number of benzene rings is 1. The SMILES string of the molecule is Cn1nnnc1Oc1ccc(CN)c(Cl)c1. The molecule has 0 unspecified atom stereocenters. The molecule has 1 heterocycles. The summed E-state index contributed by atoms with van der Waals surface area (Å²) in [5.74, 6) is 0.570. The second kappa shape index (κ2) is 4.46. The van der Waals surface area contributed by atoms with Crippen LogP contribution >= 0.6 is 11.6 Å². The summed E-state index contributed by atoms with van der Waals surface area (Å²) in [6.45, 7) is 0.393. The fourth-order valence-corrected chi connectivity index (χ4v) is 1.42. The zero-order valence-electron chi connectivity index (χ0n) is 8.59. The Bertz CT molecular complexity index is 498. The topological polar surface area (TPSA) is 78.8 Å². The zero-order chi connectivity index (χ0) is 11.5. The predicted octanol–water partition coefficient (Wildman–Crippen LogP) is 1.11. The van der Waals surface area contributed by atoms with Gasteiger partial charge in [-0.05, 0) is 28.1 Å². The molecule has 0 amide bonds. The minimum atomic E-state index is 0.302. The van der Waals surface area contributed by atoms with Crippen LogP contribution in [0.1, 0.15) is 5.56 Å². The summed E-state index contributed by atoms with van der Waals surface area (Å²) in [6.07, 6.45) is 0. The maximum Gasteiger partial charge on any atom is 0.340 e. The molecule has 1 aromatic carbocycles. The van der Waals surface area contributed by atoms with Crippen molar-refractivity contribution in [3.8, 4) is 11.8 Å². The molecule has 0 fully saturated rings. The number of aromatic nitrogens is 4. The first-order valence-corrected chi connectivity index (χ1v) is 4.97. The molecule has 0 aliphatic rings. The summed E-state index contributed by atoms with van der Waals surface area (Å²) in [6, 6.07) is 5.56. The molecular weight excluding hydrogens is 230 g/mol. The van der Waals surface area contributed by atoms with Gasteiger partial charge in [0.1, 0.15) is 5.75 Å². The van der Waals surface area contributed by atoms with Crippen molar-refractivity contribution in [1.82, 2.24) is 20.2 Å². The standard InChI is InChI=1S/C9H10ClN5O/c1-15-9(12-13-14-15)16-7-3-2-6(5-11)8(10)4-7/h2-4H,5,11H2,1H3. The van der Waals surface area contributed by atoms with Crippen LogP contribution in [-0.2, 0) is 13.6 Å². The lowest BCUT2D eigenvalue weighted by Gasteiger charge is -2.05. The Labute approximate surface area is 97.0 Å². The Morgan fingerprint density at radius 3 is 2.88 bits per heavy atom. The van der Waals surface area contributed by atoms with Crippen LogP contribution in [-0.4, -0.2) is 20.2 Å². The molecule has 0 aliphatic heterocycles. The molecule has 0 radical (unpaired) electrons. The molecule has 0 saturated heterocycles. The van der Waals surface area contributed by atoms with Gasteiger partial charge in [-0.15, -0.1) is 0 Å². The van der Waals surface area contributed by atoms with E-state index >= 15 is 0 Å². The lowest BCUT2D eigenvalue weighted by Crippen LogP contribution is -1.98. The van der Waals surface area contributed by atoms with Crippen LogP contribution in [0.5, 0.6) is 11.8 Å². The van der Waals surface area contributed by atoms with Gasteiger partial charge in [-0.1, -0.05) is 22.8 Å².